The number of nitrogens with two attached hydrogens (primary N) is 1. The highest BCUT2D eigenvalue weighted by Crippen LogP contribution is 2.35. The van der Waals surface area contributed by atoms with Gasteiger partial charge in [0.05, 0.1) is 17.4 Å². The zero-order chi connectivity index (χ0) is 18.1. The first-order chi connectivity index (χ1) is 11.9. The SMILES string of the molecule is Cc1n[nH]c(C)c1C1CCCN1C(=O)Nc1ccc(C(N)=O)cc1F. The third kappa shape index (κ3) is 3.19. The first-order valence-electron chi connectivity index (χ1n) is 8.07. The van der Waals surface area contributed by atoms with Gasteiger partial charge in [0.25, 0.3) is 0 Å². The number of anilines is 1. The number of hydrogen-bond acceptors (Lipinski definition) is 3. The Morgan fingerprint density at radius 3 is 2.76 bits per heavy atom. The van der Waals surface area contributed by atoms with Crippen LogP contribution < -0.4 is 11.1 Å². The third-order valence-electron chi connectivity index (χ3n) is 4.53. The van der Waals surface area contributed by atoms with E-state index >= 15 is 0 Å². The summed E-state index contributed by atoms with van der Waals surface area (Å²) in [6.07, 6.45) is 1.70. The molecule has 1 aromatic heterocycles. The predicted molar refractivity (Wildman–Crippen MR) is 90.7 cm³/mol. The molecule has 132 valence electrons. The fourth-order valence-corrected chi connectivity index (χ4v) is 3.32. The maximum Gasteiger partial charge on any atom is 0.322 e. The minimum Gasteiger partial charge on any atom is -0.366 e. The van der Waals surface area contributed by atoms with Crippen LogP contribution in [0.4, 0.5) is 14.9 Å². The molecule has 0 saturated carbocycles. The van der Waals surface area contributed by atoms with E-state index in [1.54, 1.807) is 4.90 Å². The predicted octanol–water partition coefficient (Wildman–Crippen LogP) is 2.63. The molecular formula is C17H20FN5O2. The molecule has 1 fully saturated rings. The van der Waals surface area contributed by atoms with Crippen molar-refractivity contribution in [1.82, 2.24) is 15.1 Å². The van der Waals surface area contributed by atoms with E-state index in [1.165, 1.54) is 12.1 Å². The Morgan fingerprint density at radius 2 is 2.16 bits per heavy atom. The number of halogens is 1. The number of urea groups is 1. The molecule has 3 rings (SSSR count). The lowest BCUT2D eigenvalue weighted by Crippen LogP contribution is -2.35. The van der Waals surface area contributed by atoms with Crippen LogP contribution in [-0.4, -0.2) is 33.6 Å². The van der Waals surface area contributed by atoms with Crippen molar-refractivity contribution in [1.29, 1.82) is 0 Å². The van der Waals surface area contributed by atoms with Crippen molar-refractivity contribution in [2.45, 2.75) is 32.7 Å². The van der Waals surface area contributed by atoms with Crippen LogP contribution in [0.25, 0.3) is 0 Å². The van der Waals surface area contributed by atoms with E-state index < -0.39 is 11.7 Å². The monoisotopic (exact) mass is 345 g/mol. The Kier molecular flexibility index (Phi) is 4.43. The zero-order valence-corrected chi connectivity index (χ0v) is 14.1. The molecule has 3 amide bonds. The zero-order valence-electron chi connectivity index (χ0n) is 14.1. The highest BCUT2D eigenvalue weighted by molar-refractivity contribution is 5.94. The van der Waals surface area contributed by atoms with Gasteiger partial charge in [-0.3, -0.25) is 9.89 Å². The number of nitrogens with zero attached hydrogens (tertiary/aromatic N) is 2. The normalized spacial score (nSPS) is 16.9. The van der Waals surface area contributed by atoms with Gasteiger partial charge in [-0.25, -0.2) is 9.18 Å². The second-order valence-corrected chi connectivity index (χ2v) is 6.19. The number of amides is 3. The van der Waals surface area contributed by atoms with Crippen LogP contribution in [0.5, 0.6) is 0 Å². The van der Waals surface area contributed by atoms with Crippen molar-refractivity contribution >= 4 is 17.6 Å². The highest BCUT2D eigenvalue weighted by atomic mass is 19.1. The first kappa shape index (κ1) is 16.9. The lowest BCUT2D eigenvalue weighted by atomic mass is 10.0. The molecule has 0 radical (unpaired) electrons. The van der Waals surface area contributed by atoms with Gasteiger partial charge in [-0.2, -0.15) is 5.10 Å². The molecule has 4 N–H and O–H groups in total. The van der Waals surface area contributed by atoms with Crippen LogP contribution in [0, 0.1) is 19.7 Å². The molecule has 1 saturated heterocycles. The van der Waals surface area contributed by atoms with Crippen LogP contribution in [0.2, 0.25) is 0 Å². The Morgan fingerprint density at radius 1 is 1.40 bits per heavy atom. The number of hydrogen-bond donors (Lipinski definition) is 3. The first-order valence-corrected chi connectivity index (χ1v) is 8.07. The van der Waals surface area contributed by atoms with E-state index in [4.69, 9.17) is 5.73 Å². The number of primary amides is 1. The van der Waals surface area contributed by atoms with Crippen LogP contribution in [0.15, 0.2) is 18.2 Å². The Bertz CT molecular complexity index is 813. The number of H-pyrrole nitrogens is 1. The number of rotatable bonds is 3. The van der Waals surface area contributed by atoms with Crippen LogP contribution in [0.3, 0.4) is 0 Å². The number of aromatic nitrogens is 2. The molecule has 1 aliphatic heterocycles. The Balaban J connectivity index is 1.80. The molecule has 0 bridgehead atoms. The standard InChI is InChI=1S/C17H20FN5O2/c1-9-15(10(2)22-21-9)14-4-3-7-23(14)17(25)20-13-6-5-11(16(19)24)8-12(13)18/h5-6,8,14H,3-4,7H2,1-2H3,(H2,19,24)(H,20,25)(H,21,22). The summed E-state index contributed by atoms with van der Waals surface area (Å²) in [6, 6.07) is 3.27. The average molecular weight is 345 g/mol. The molecule has 25 heavy (non-hydrogen) atoms. The number of aromatic amines is 1. The van der Waals surface area contributed by atoms with E-state index in [9.17, 15) is 14.0 Å². The van der Waals surface area contributed by atoms with Gasteiger partial charge < -0.3 is 16.0 Å². The second kappa shape index (κ2) is 6.54. The summed E-state index contributed by atoms with van der Waals surface area (Å²) in [5, 5.41) is 9.71. The van der Waals surface area contributed by atoms with Gasteiger partial charge in [0.2, 0.25) is 5.91 Å². The maximum atomic E-state index is 14.1. The van der Waals surface area contributed by atoms with Crippen molar-refractivity contribution < 1.29 is 14.0 Å². The topological polar surface area (TPSA) is 104 Å². The Labute approximate surface area is 144 Å². The lowest BCUT2D eigenvalue weighted by Gasteiger charge is -2.25. The molecule has 8 heteroatoms. The fourth-order valence-electron chi connectivity index (χ4n) is 3.32. The van der Waals surface area contributed by atoms with Gasteiger partial charge >= 0.3 is 6.03 Å². The molecule has 1 aliphatic rings. The summed E-state index contributed by atoms with van der Waals surface area (Å²) in [5.41, 5.74) is 8.00. The second-order valence-electron chi connectivity index (χ2n) is 6.19. The molecule has 0 spiro atoms. The van der Waals surface area contributed by atoms with E-state index in [2.05, 4.69) is 15.5 Å². The lowest BCUT2D eigenvalue weighted by molar-refractivity contribution is 0.1000. The summed E-state index contributed by atoms with van der Waals surface area (Å²) >= 11 is 0. The van der Waals surface area contributed by atoms with Crippen molar-refractivity contribution in [3.8, 4) is 0 Å². The number of benzene rings is 1. The van der Waals surface area contributed by atoms with E-state index in [1.807, 2.05) is 13.8 Å². The molecule has 2 heterocycles. The summed E-state index contributed by atoms with van der Waals surface area (Å²) in [5.74, 6) is -1.42. The number of nitrogens with one attached hydrogen (secondary N) is 2. The number of carbonyl (C=O) groups is 2. The summed E-state index contributed by atoms with van der Waals surface area (Å²) < 4.78 is 14.1. The van der Waals surface area contributed by atoms with Crippen molar-refractivity contribution in [2.75, 3.05) is 11.9 Å². The van der Waals surface area contributed by atoms with Crippen molar-refractivity contribution in [2.24, 2.45) is 5.73 Å². The third-order valence-corrected chi connectivity index (χ3v) is 4.53. The average Bonchev–Trinajstić information content (AvgIpc) is 3.15. The van der Waals surface area contributed by atoms with Gasteiger partial charge in [-0.1, -0.05) is 0 Å². The quantitative estimate of drug-likeness (QED) is 0.796. The molecule has 7 nitrogen and oxygen atoms in total. The minimum atomic E-state index is -0.720. The summed E-state index contributed by atoms with van der Waals surface area (Å²) in [6.45, 7) is 4.41. The van der Waals surface area contributed by atoms with Crippen LogP contribution >= 0.6 is 0 Å². The van der Waals surface area contributed by atoms with Gasteiger partial charge in [-0.15, -0.1) is 0 Å². The molecule has 1 aromatic carbocycles. The van der Waals surface area contributed by atoms with Gasteiger partial charge in [-0.05, 0) is 44.9 Å². The maximum absolute atomic E-state index is 14.1. The van der Waals surface area contributed by atoms with E-state index in [0.29, 0.717) is 6.54 Å². The summed E-state index contributed by atoms with van der Waals surface area (Å²) in [4.78, 5) is 25.4. The fraction of sp³-hybridized carbons (Fsp3) is 0.353. The smallest absolute Gasteiger partial charge is 0.322 e. The number of carbonyl (C=O) groups excluding carboxylic acids is 2. The molecule has 1 unspecified atom stereocenters. The van der Waals surface area contributed by atoms with Crippen molar-refractivity contribution in [3.05, 3.63) is 46.5 Å². The Hall–Kier alpha value is -2.90. The molecular weight excluding hydrogens is 325 g/mol. The van der Waals surface area contributed by atoms with Gasteiger partial charge in [0, 0.05) is 23.4 Å². The van der Waals surface area contributed by atoms with Gasteiger partial charge in [0.15, 0.2) is 0 Å². The van der Waals surface area contributed by atoms with E-state index in [-0.39, 0.29) is 23.3 Å². The number of aryl methyl sites for hydroxylation is 2. The molecule has 0 aliphatic carbocycles. The van der Waals surface area contributed by atoms with Crippen LogP contribution in [0.1, 0.15) is 46.2 Å². The minimum absolute atomic E-state index is 0.0151. The van der Waals surface area contributed by atoms with E-state index in [0.717, 1.165) is 35.9 Å². The highest BCUT2D eigenvalue weighted by Gasteiger charge is 2.33. The number of likely N-dealkylation sites (tertiary alicyclic amines) is 1. The largest absolute Gasteiger partial charge is 0.366 e. The summed E-state index contributed by atoms with van der Waals surface area (Å²) in [7, 11) is 0. The molecule has 1 atom stereocenters. The van der Waals surface area contributed by atoms with Crippen LogP contribution in [-0.2, 0) is 0 Å². The molecule has 2 aromatic rings. The van der Waals surface area contributed by atoms with Crippen molar-refractivity contribution in [3.63, 3.8) is 0 Å². The van der Waals surface area contributed by atoms with Gasteiger partial charge in [0.1, 0.15) is 5.82 Å².